The maximum atomic E-state index is 11.6. The summed E-state index contributed by atoms with van der Waals surface area (Å²) in [5.74, 6) is 0.0593. The molecule has 1 aromatic rings. The predicted octanol–water partition coefficient (Wildman–Crippen LogP) is 0.810. The van der Waals surface area contributed by atoms with Gasteiger partial charge in [0, 0.05) is 0 Å². The average Bonchev–Trinajstić information content (AvgIpc) is 2.55. The van der Waals surface area contributed by atoms with Gasteiger partial charge in [-0.25, -0.2) is 16.8 Å². The SMILES string of the molecule is CCS(=O)(=O)c1ccc2c(c1)S(=O)(=O)CC2. The van der Waals surface area contributed by atoms with E-state index < -0.39 is 19.7 Å². The lowest BCUT2D eigenvalue weighted by atomic mass is 10.2. The summed E-state index contributed by atoms with van der Waals surface area (Å²) < 4.78 is 46.5. The molecule has 0 amide bonds. The Bertz CT molecular complexity index is 627. The van der Waals surface area contributed by atoms with Crippen LogP contribution in [0.25, 0.3) is 0 Å². The molecule has 0 N–H and O–H groups in total. The second kappa shape index (κ2) is 3.56. The van der Waals surface area contributed by atoms with Crippen LogP contribution in [0.15, 0.2) is 28.0 Å². The van der Waals surface area contributed by atoms with E-state index in [1.54, 1.807) is 6.07 Å². The highest BCUT2D eigenvalue weighted by atomic mass is 32.2. The maximum absolute atomic E-state index is 11.6. The highest BCUT2D eigenvalue weighted by molar-refractivity contribution is 7.92. The molecule has 0 saturated carbocycles. The third-order valence-electron chi connectivity index (χ3n) is 2.75. The van der Waals surface area contributed by atoms with Crippen LogP contribution < -0.4 is 0 Å². The van der Waals surface area contributed by atoms with Gasteiger partial charge in [0.1, 0.15) is 0 Å². The molecule has 0 fully saturated rings. The van der Waals surface area contributed by atoms with Crippen molar-refractivity contribution in [1.82, 2.24) is 0 Å². The van der Waals surface area contributed by atoms with Gasteiger partial charge in [-0.15, -0.1) is 0 Å². The molecular formula is C10H12O4S2. The van der Waals surface area contributed by atoms with Gasteiger partial charge >= 0.3 is 0 Å². The van der Waals surface area contributed by atoms with E-state index in [2.05, 4.69) is 0 Å². The molecule has 6 heteroatoms. The van der Waals surface area contributed by atoms with Crippen LogP contribution in [0.5, 0.6) is 0 Å². The van der Waals surface area contributed by atoms with Gasteiger partial charge < -0.3 is 0 Å². The molecule has 0 radical (unpaired) electrons. The first-order chi connectivity index (χ1) is 7.37. The van der Waals surface area contributed by atoms with E-state index >= 15 is 0 Å². The van der Waals surface area contributed by atoms with Crippen LogP contribution in [0.4, 0.5) is 0 Å². The third-order valence-corrected chi connectivity index (χ3v) is 6.28. The molecular weight excluding hydrogens is 248 g/mol. The highest BCUT2D eigenvalue weighted by Gasteiger charge is 2.27. The summed E-state index contributed by atoms with van der Waals surface area (Å²) in [6.45, 7) is 1.54. The van der Waals surface area contributed by atoms with Crippen molar-refractivity contribution >= 4 is 19.7 Å². The Balaban J connectivity index is 2.66. The molecule has 1 aliphatic heterocycles. The number of hydrogen-bond acceptors (Lipinski definition) is 4. The van der Waals surface area contributed by atoms with Crippen molar-refractivity contribution in [1.29, 1.82) is 0 Å². The van der Waals surface area contributed by atoms with Crippen molar-refractivity contribution in [3.05, 3.63) is 23.8 Å². The average molecular weight is 260 g/mol. The summed E-state index contributed by atoms with van der Waals surface area (Å²) in [7, 11) is -6.60. The van der Waals surface area contributed by atoms with E-state index in [1.165, 1.54) is 19.1 Å². The number of rotatable bonds is 2. The molecule has 1 aromatic carbocycles. The van der Waals surface area contributed by atoms with Crippen molar-refractivity contribution < 1.29 is 16.8 Å². The summed E-state index contributed by atoms with van der Waals surface area (Å²) in [6, 6.07) is 4.37. The minimum Gasteiger partial charge on any atom is -0.224 e. The predicted molar refractivity (Wildman–Crippen MR) is 59.9 cm³/mol. The molecule has 0 unspecified atom stereocenters. The molecule has 1 aliphatic rings. The second-order valence-corrected chi connectivity index (χ2v) is 8.10. The number of hydrogen-bond donors (Lipinski definition) is 0. The van der Waals surface area contributed by atoms with Crippen molar-refractivity contribution in [2.75, 3.05) is 11.5 Å². The van der Waals surface area contributed by atoms with Gasteiger partial charge in [-0.3, -0.25) is 0 Å². The van der Waals surface area contributed by atoms with Gasteiger partial charge in [0.2, 0.25) is 0 Å². The Morgan fingerprint density at radius 1 is 1.31 bits per heavy atom. The largest absolute Gasteiger partial charge is 0.224 e. The van der Waals surface area contributed by atoms with E-state index in [-0.39, 0.29) is 21.3 Å². The second-order valence-electron chi connectivity index (χ2n) is 3.74. The van der Waals surface area contributed by atoms with Crippen molar-refractivity contribution in [2.24, 2.45) is 0 Å². The molecule has 16 heavy (non-hydrogen) atoms. The molecule has 0 spiro atoms. The Kier molecular flexibility index (Phi) is 2.58. The molecule has 0 aromatic heterocycles. The Hall–Kier alpha value is -0.880. The van der Waals surface area contributed by atoms with Gasteiger partial charge in [0.15, 0.2) is 19.7 Å². The van der Waals surface area contributed by atoms with E-state index in [9.17, 15) is 16.8 Å². The van der Waals surface area contributed by atoms with Crippen molar-refractivity contribution in [3.8, 4) is 0 Å². The number of sulfone groups is 2. The van der Waals surface area contributed by atoms with Gasteiger partial charge in [0.05, 0.1) is 21.3 Å². The quantitative estimate of drug-likeness (QED) is 0.789. The minimum absolute atomic E-state index is 0.0220. The summed E-state index contributed by atoms with van der Waals surface area (Å²) in [4.78, 5) is 0.279. The monoisotopic (exact) mass is 260 g/mol. The van der Waals surface area contributed by atoms with E-state index in [4.69, 9.17) is 0 Å². The summed E-state index contributed by atoms with van der Waals surface area (Å²) >= 11 is 0. The van der Waals surface area contributed by atoms with Crippen molar-refractivity contribution in [3.63, 3.8) is 0 Å². The van der Waals surface area contributed by atoms with Crippen LogP contribution >= 0.6 is 0 Å². The lowest BCUT2D eigenvalue weighted by Crippen LogP contribution is -2.05. The maximum Gasteiger partial charge on any atom is 0.179 e. The van der Waals surface area contributed by atoms with Crippen LogP contribution in [0.1, 0.15) is 12.5 Å². The van der Waals surface area contributed by atoms with Crippen molar-refractivity contribution in [2.45, 2.75) is 23.1 Å². The van der Waals surface area contributed by atoms with E-state index in [0.717, 1.165) is 5.56 Å². The fourth-order valence-corrected chi connectivity index (χ4v) is 4.31. The molecule has 0 atom stereocenters. The first-order valence-electron chi connectivity index (χ1n) is 4.95. The summed E-state index contributed by atoms with van der Waals surface area (Å²) in [6.07, 6.45) is 0.476. The van der Waals surface area contributed by atoms with Crippen LogP contribution in [0.3, 0.4) is 0 Å². The normalized spacial score (nSPS) is 18.3. The zero-order valence-electron chi connectivity index (χ0n) is 8.80. The molecule has 4 nitrogen and oxygen atoms in total. The number of fused-ring (bicyclic) bond motifs is 1. The highest BCUT2D eigenvalue weighted by Crippen LogP contribution is 2.28. The number of aryl methyl sites for hydroxylation is 1. The molecule has 88 valence electrons. The zero-order valence-corrected chi connectivity index (χ0v) is 10.4. The fourth-order valence-electron chi connectivity index (χ4n) is 1.75. The smallest absolute Gasteiger partial charge is 0.179 e. The Morgan fingerprint density at radius 3 is 2.62 bits per heavy atom. The zero-order chi connectivity index (χ0) is 12.0. The van der Waals surface area contributed by atoms with Crippen LogP contribution in [0, 0.1) is 0 Å². The third kappa shape index (κ3) is 1.76. The minimum atomic E-state index is -3.33. The molecule has 0 saturated heterocycles. The standard InChI is InChI=1S/C10H12O4S2/c1-2-15(11,12)9-4-3-8-5-6-16(13,14)10(8)7-9/h3-4,7H,2,5-6H2,1H3. The first kappa shape index (κ1) is 11.6. The Labute approximate surface area is 95.1 Å². The van der Waals surface area contributed by atoms with Gasteiger partial charge in [-0.1, -0.05) is 13.0 Å². The molecule has 1 heterocycles. The summed E-state index contributed by atoms with van der Waals surface area (Å²) in [5.41, 5.74) is 0.718. The van der Waals surface area contributed by atoms with Crippen LogP contribution in [0.2, 0.25) is 0 Å². The lowest BCUT2D eigenvalue weighted by molar-refractivity contribution is 0.596. The molecule has 0 aliphatic carbocycles. The Morgan fingerprint density at radius 2 is 2.00 bits per heavy atom. The number of benzene rings is 1. The van der Waals surface area contributed by atoms with Gasteiger partial charge in [-0.2, -0.15) is 0 Å². The van der Waals surface area contributed by atoms with Crippen LogP contribution in [-0.4, -0.2) is 28.3 Å². The van der Waals surface area contributed by atoms with E-state index in [0.29, 0.717) is 6.42 Å². The lowest BCUT2D eigenvalue weighted by Gasteiger charge is -2.04. The fraction of sp³-hybridized carbons (Fsp3) is 0.400. The topological polar surface area (TPSA) is 68.3 Å². The first-order valence-corrected chi connectivity index (χ1v) is 8.26. The van der Waals surface area contributed by atoms with Gasteiger partial charge in [0.25, 0.3) is 0 Å². The van der Waals surface area contributed by atoms with Crippen LogP contribution in [-0.2, 0) is 26.1 Å². The van der Waals surface area contributed by atoms with Gasteiger partial charge in [-0.05, 0) is 24.1 Å². The molecule has 0 bridgehead atoms. The molecule has 2 rings (SSSR count). The summed E-state index contributed by atoms with van der Waals surface area (Å²) in [5, 5.41) is 0. The van der Waals surface area contributed by atoms with E-state index in [1.807, 2.05) is 0 Å².